The Morgan fingerprint density at radius 2 is 1.66 bits per heavy atom. The Morgan fingerprint density at radius 1 is 1.00 bits per heavy atom. The van der Waals surface area contributed by atoms with Crippen LogP contribution in [0.25, 0.3) is 0 Å². The standard InChI is InChI=1S/C24H33N3O2/c1-19(2)23(27-15-13-26(3)14-16-27)17-25-24(28)22-12-8-7-9-20(22)18-29-21-10-5-4-6-11-21/h4-12,19,23H,13-18H2,1-3H3,(H,25,28)/t23-/m1/s1. The number of rotatable bonds is 8. The molecule has 156 valence electrons. The highest BCUT2D eigenvalue weighted by atomic mass is 16.5. The summed E-state index contributed by atoms with van der Waals surface area (Å²) in [4.78, 5) is 17.8. The largest absolute Gasteiger partial charge is 0.489 e. The highest BCUT2D eigenvalue weighted by Crippen LogP contribution is 2.16. The van der Waals surface area contributed by atoms with Gasteiger partial charge in [-0.25, -0.2) is 0 Å². The number of hydrogen-bond acceptors (Lipinski definition) is 4. The summed E-state index contributed by atoms with van der Waals surface area (Å²) in [5.41, 5.74) is 1.58. The van der Waals surface area contributed by atoms with Gasteiger partial charge in [-0.05, 0) is 31.2 Å². The molecule has 0 bridgehead atoms. The number of ether oxygens (including phenoxy) is 1. The molecule has 1 N–H and O–H groups in total. The van der Waals surface area contributed by atoms with Gasteiger partial charge in [0, 0.05) is 49.9 Å². The van der Waals surface area contributed by atoms with Crippen LogP contribution in [-0.4, -0.2) is 61.5 Å². The minimum absolute atomic E-state index is 0.0305. The summed E-state index contributed by atoms with van der Waals surface area (Å²) in [5, 5.41) is 3.18. The monoisotopic (exact) mass is 395 g/mol. The lowest BCUT2D eigenvalue weighted by Crippen LogP contribution is -2.54. The Morgan fingerprint density at radius 3 is 2.34 bits per heavy atom. The van der Waals surface area contributed by atoms with Gasteiger partial charge >= 0.3 is 0 Å². The number of benzene rings is 2. The van der Waals surface area contributed by atoms with Crippen molar-refractivity contribution in [3.63, 3.8) is 0 Å². The molecule has 29 heavy (non-hydrogen) atoms. The Kier molecular flexibility index (Phi) is 7.67. The molecule has 5 nitrogen and oxygen atoms in total. The lowest BCUT2D eigenvalue weighted by molar-refractivity contribution is 0.0790. The second kappa shape index (κ2) is 10.4. The zero-order chi connectivity index (χ0) is 20.6. The van der Waals surface area contributed by atoms with Crippen molar-refractivity contribution < 1.29 is 9.53 Å². The second-order valence-corrected chi connectivity index (χ2v) is 8.12. The first-order valence-corrected chi connectivity index (χ1v) is 10.5. The Bertz CT molecular complexity index is 771. The van der Waals surface area contributed by atoms with E-state index in [0.29, 0.717) is 30.7 Å². The van der Waals surface area contributed by atoms with Crippen LogP contribution in [0.15, 0.2) is 54.6 Å². The fourth-order valence-corrected chi connectivity index (χ4v) is 3.78. The maximum atomic E-state index is 12.9. The summed E-state index contributed by atoms with van der Waals surface area (Å²) in [7, 11) is 2.16. The first-order valence-electron chi connectivity index (χ1n) is 10.5. The van der Waals surface area contributed by atoms with Gasteiger partial charge in [0.25, 0.3) is 5.91 Å². The van der Waals surface area contributed by atoms with Crippen molar-refractivity contribution in [3.05, 3.63) is 65.7 Å². The quantitative estimate of drug-likeness (QED) is 0.745. The molecular weight excluding hydrogens is 362 g/mol. The molecule has 0 radical (unpaired) electrons. The third-order valence-corrected chi connectivity index (χ3v) is 5.65. The van der Waals surface area contributed by atoms with Gasteiger partial charge in [-0.15, -0.1) is 0 Å². The van der Waals surface area contributed by atoms with Gasteiger partial charge in [-0.1, -0.05) is 50.2 Å². The van der Waals surface area contributed by atoms with Crippen LogP contribution in [0.3, 0.4) is 0 Å². The van der Waals surface area contributed by atoms with Crippen molar-refractivity contribution in [2.45, 2.75) is 26.5 Å². The molecule has 0 spiro atoms. The normalized spacial score (nSPS) is 16.6. The molecule has 1 aliphatic rings. The topological polar surface area (TPSA) is 44.8 Å². The molecule has 3 rings (SSSR count). The predicted molar refractivity (Wildman–Crippen MR) is 117 cm³/mol. The third kappa shape index (κ3) is 6.05. The van der Waals surface area contributed by atoms with Crippen LogP contribution in [0, 0.1) is 5.92 Å². The van der Waals surface area contributed by atoms with Gasteiger partial charge in [0.05, 0.1) is 0 Å². The van der Waals surface area contributed by atoms with Gasteiger partial charge in [-0.3, -0.25) is 9.69 Å². The summed E-state index contributed by atoms with van der Waals surface area (Å²) in [6.07, 6.45) is 0. The molecule has 5 heteroatoms. The zero-order valence-corrected chi connectivity index (χ0v) is 17.8. The highest BCUT2D eigenvalue weighted by molar-refractivity contribution is 5.95. The van der Waals surface area contributed by atoms with Crippen molar-refractivity contribution in [1.82, 2.24) is 15.1 Å². The molecule has 0 saturated carbocycles. The smallest absolute Gasteiger partial charge is 0.251 e. The number of nitrogens with zero attached hydrogens (tertiary/aromatic N) is 2. The number of carbonyl (C=O) groups is 1. The maximum Gasteiger partial charge on any atom is 0.251 e. The first-order chi connectivity index (χ1) is 14.0. The number of amides is 1. The first kappa shape index (κ1) is 21.3. The van der Waals surface area contributed by atoms with Crippen molar-refractivity contribution in [2.24, 2.45) is 5.92 Å². The van der Waals surface area contributed by atoms with Crippen LogP contribution in [0.2, 0.25) is 0 Å². The van der Waals surface area contributed by atoms with E-state index in [1.807, 2.05) is 54.6 Å². The van der Waals surface area contributed by atoms with E-state index in [9.17, 15) is 4.79 Å². The molecule has 0 unspecified atom stereocenters. The number of hydrogen-bond donors (Lipinski definition) is 1. The predicted octanol–water partition coefficient (Wildman–Crippen LogP) is 3.27. The Balaban J connectivity index is 1.61. The fraction of sp³-hybridized carbons (Fsp3) is 0.458. The summed E-state index contributed by atoms with van der Waals surface area (Å²) >= 11 is 0. The van der Waals surface area contributed by atoms with Crippen LogP contribution < -0.4 is 10.1 Å². The second-order valence-electron chi connectivity index (χ2n) is 8.12. The molecule has 1 fully saturated rings. The maximum absolute atomic E-state index is 12.9. The molecule has 1 atom stereocenters. The summed E-state index contributed by atoms with van der Waals surface area (Å²) in [6, 6.07) is 17.7. The molecule has 1 saturated heterocycles. The number of carbonyl (C=O) groups excluding carboxylic acids is 1. The fourth-order valence-electron chi connectivity index (χ4n) is 3.78. The number of nitrogens with one attached hydrogen (secondary N) is 1. The summed E-state index contributed by atoms with van der Waals surface area (Å²) in [6.45, 7) is 9.77. The summed E-state index contributed by atoms with van der Waals surface area (Å²) in [5.74, 6) is 1.25. The van der Waals surface area contributed by atoms with E-state index in [1.165, 1.54) is 0 Å². The third-order valence-electron chi connectivity index (χ3n) is 5.65. The van der Waals surface area contributed by atoms with E-state index < -0.39 is 0 Å². The molecule has 2 aromatic carbocycles. The van der Waals surface area contributed by atoms with E-state index in [-0.39, 0.29) is 5.91 Å². The minimum atomic E-state index is -0.0305. The number of likely N-dealkylation sites (N-methyl/N-ethyl adjacent to an activating group) is 1. The molecule has 1 heterocycles. The van der Waals surface area contributed by atoms with Crippen LogP contribution in [0.4, 0.5) is 0 Å². The highest BCUT2D eigenvalue weighted by Gasteiger charge is 2.25. The van der Waals surface area contributed by atoms with Crippen molar-refractivity contribution in [2.75, 3.05) is 39.8 Å². The number of para-hydroxylation sites is 1. The average Bonchev–Trinajstić information content (AvgIpc) is 2.74. The van der Waals surface area contributed by atoms with Crippen molar-refractivity contribution in [3.8, 4) is 5.75 Å². The van der Waals surface area contributed by atoms with E-state index >= 15 is 0 Å². The van der Waals surface area contributed by atoms with Gasteiger partial charge in [0.2, 0.25) is 0 Å². The SMILES string of the molecule is CC(C)[C@@H](CNC(=O)c1ccccc1COc1ccccc1)N1CCN(C)CC1. The van der Waals surface area contributed by atoms with E-state index in [4.69, 9.17) is 4.74 Å². The van der Waals surface area contributed by atoms with Gasteiger partial charge in [0.1, 0.15) is 12.4 Å². The van der Waals surface area contributed by atoms with Gasteiger partial charge in [0.15, 0.2) is 0 Å². The van der Waals surface area contributed by atoms with Crippen LogP contribution in [0.1, 0.15) is 29.8 Å². The summed E-state index contributed by atoms with van der Waals surface area (Å²) < 4.78 is 5.86. The van der Waals surface area contributed by atoms with Crippen LogP contribution >= 0.6 is 0 Å². The zero-order valence-electron chi connectivity index (χ0n) is 17.8. The van der Waals surface area contributed by atoms with Gasteiger partial charge in [-0.2, -0.15) is 0 Å². The number of piperazine rings is 1. The van der Waals surface area contributed by atoms with E-state index in [1.54, 1.807) is 0 Å². The van der Waals surface area contributed by atoms with Crippen LogP contribution in [-0.2, 0) is 6.61 Å². The van der Waals surface area contributed by atoms with Crippen molar-refractivity contribution >= 4 is 5.91 Å². The lowest BCUT2D eigenvalue weighted by Gasteiger charge is -2.40. The molecule has 1 amide bonds. The molecule has 2 aromatic rings. The Hall–Kier alpha value is -2.37. The average molecular weight is 396 g/mol. The molecule has 0 aliphatic carbocycles. The molecular formula is C24H33N3O2. The van der Waals surface area contributed by atoms with Gasteiger partial charge < -0.3 is 15.0 Å². The minimum Gasteiger partial charge on any atom is -0.489 e. The molecule has 0 aromatic heterocycles. The van der Waals surface area contributed by atoms with E-state index in [0.717, 1.165) is 37.5 Å². The molecule has 1 aliphatic heterocycles. The van der Waals surface area contributed by atoms with E-state index in [2.05, 4.69) is 36.0 Å². The van der Waals surface area contributed by atoms with Crippen LogP contribution in [0.5, 0.6) is 5.75 Å². The Labute approximate surface area is 174 Å². The lowest BCUT2D eigenvalue weighted by atomic mass is 10.0. The van der Waals surface area contributed by atoms with Crippen molar-refractivity contribution in [1.29, 1.82) is 0 Å².